The minimum atomic E-state index is -0.659. The lowest BCUT2D eigenvalue weighted by Crippen LogP contribution is -2.51. The van der Waals surface area contributed by atoms with E-state index in [1.807, 2.05) is 75.4 Å². The number of halogens is 1. The van der Waals surface area contributed by atoms with Gasteiger partial charge in [0.15, 0.2) is 0 Å². The van der Waals surface area contributed by atoms with E-state index in [0.29, 0.717) is 36.7 Å². The van der Waals surface area contributed by atoms with Crippen LogP contribution in [-0.2, 0) is 28.3 Å². The van der Waals surface area contributed by atoms with Crippen molar-refractivity contribution in [3.63, 3.8) is 0 Å². The van der Waals surface area contributed by atoms with Gasteiger partial charge in [0.25, 0.3) is 0 Å². The highest BCUT2D eigenvalue weighted by Gasteiger charge is 2.30. The summed E-state index contributed by atoms with van der Waals surface area (Å²) < 4.78 is 14.1. The smallest absolute Gasteiger partial charge is 0.243 e. The second-order valence-electron chi connectivity index (χ2n) is 9.44. The van der Waals surface area contributed by atoms with E-state index in [2.05, 4.69) is 5.32 Å². The maximum Gasteiger partial charge on any atom is 0.243 e. The molecule has 0 aliphatic carbocycles. The Balaban J connectivity index is 1.85. The maximum atomic E-state index is 14.1. The normalized spacial score (nSPS) is 11.8. The van der Waals surface area contributed by atoms with Crippen molar-refractivity contribution < 1.29 is 14.0 Å². The molecule has 0 fully saturated rings. The molecule has 0 heterocycles. The zero-order chi connectivity index (χ0) is 25.9. The van der Waals surface area contributed by atoms with E-state index in [9.17, 15) is 14.0 Å². The minimum Gasteiger partial charge on any atom is -0.354 e. The number of aryl methyl sites for hydroxylation is 1. The van der Waals surface area contributed by atoms with Crippen molar-refractivity contribution in [1.82, 2.24) is 10.2 Å². The number of hydrogen-bond donors (Lipinski definition) is 1. The standard InChI is InChI=1S/C30H35FN2O2S/c1-22(2)18-32-30(35)28(17-24-11-5-4-6-12-24)33(19-25-13-9-10-23(3)16-25)29(34)21-36-20-26-14-7-8-15-27(26)31/h4-16,22,28H,17-21H2,1-3H3,(H,32,35)/t28-/m1/s1. The summed E-state index contributed by atoms with van der Waals surface area (Å²) in [5, 5.41) is 3.04. The average molecular weight is 507 g/mol. The number of rotatable bonds is 12. The van der Waals surface area contributed by atoms with Gasteiger partial charge in [0.2, 0.25) is 11.8 Å². The Morgan fingerprint density at radius 3 is 2.33 bits per heavy atom. The van der Waals surface area contributed by atoms with Gasteiger partial charge in [-0.1, -0.05) is 92.2 Å². The first-order valence-corrected chi connectivity index (χ1v) is 13.5. The molecule has 0 saturated heterocycles. The van der Waals surface area contributed by atoms with Crippen LogP contribution < -0.4 is 5.32 Å². The number of carbonyl (C=O) groups excluding carboxylic acids is 2. The number of nitrogens with zero attached hydrogens (tertiary/aromatic N) is 1. The van der Waals surface area contributed by atoms with Crippen molar-refractivity contribution >= 4 is 23.6 Å². The topological polar surface area (TPSA) is 49.4 Å². The van der Waals surface area contributed by atoms with E-state index in [1.165, 1.54) is 17.8 Å². The van der Waals surface area contributed by atoms with Gasteiger partial charge in [0.1, 0.15) is 11.9 Å². The van der Waals surface area contributed by atoms with Crippen LogP contribution in [0.5, 0.6) is 0 Å². The van der Waals surface area contributed by atoms with E-state index in [4.69, 9.17) is 0 Å². The highest BCUT2D eigenvalue weighted by molar-refractivity contribution is 7.99. The van der Waals surface area contributed by atoms with Crippen molar-refractivity contribution in [2.45, 2.75) is 45.5 Å². The number of thioether (sulfide) groups is 1. The molecule has 0 aromatic heterocycles. The van der Waals surface area contributed by atoms with Crippen molar-refractivity contribution in [3.05, 3.63) is 107 Å². The Morgan fingerprint density at radius 2 is 1.64 bits per heavy atom. The van der Waals surface area contributed by atoms with Crippen LogP contribution in [0.1, 0.15) is 36.1 Å². The zero-order valence-electron chi connectivity index (χ0n) is 21.2. The molecule has 0 radical (unpaired) electrons. The molecule has 0 spiro atoms. The number of carbonyl (C=O) groups is 2. The van der Waals surface area contributed by atoms with Crippen LogP contribution in [-0.4, -0.2) is 35.1 Å². The summed E-state index contributed by atoms with van der Waals surface area (Å²) in [7, 11) is 0. The third-order valence-electron chi connectivity index (χ3n) is 5.83. The SMILES string of the molecule is Cc1cccc(CN(C(=O)CSCc2ccccc2F)[C@H](Cc2ccccc2)C(=O)NCC(C)C)c1. The lowest BCUT2D eigenvalue weighted by atomic mass is 10.0. The van der Waals surface area contributed by atoms with Gasteiger partial charge in [-0.2, -0.15) is 0 Å². The predicted octanol–water partition coefficient (Wildman–Crippen LogP) is 5.78. The van der Waals surface area contributed by atoms with Gasteiger partial charge in [-0.15, -0.1) is 11.8 Å². The van der Waals surface area contributed by atoms with Crippen LogP contribution in [0.2, 0.25) is 0 Å². The summed E-state index contributed by atoms with van der Waals surface area (Å²) in [5.41, 5.74) is 3.62. The number of nitrogens with one attached hydrogen (secondary N) is 1. The molecule has 190 valence electrons. The van der Waals surface area contributed by atoms with Crippen LogP contribution in [0.4, 0.5) is 4.39 Å². The van der Waals surface area contributed by atoms with Crippen molar-refractivity contribution in [2.75, 3.05) is 12.3 Å². The molecule has 2 amide bonds. The summed E-state index contributed by atoms with van der Waals surface area (Å²) in [6.45, 7) is 6.96. The molecule has 3 aromatic rings. The van der Waals surface area contributed by atoms with E-state index >= 15 is 0 Å². The molecule has 0 saturated carbocycles. The Labute approximate surface area is 218 Å². The molecule has 3 aromatic carbocycles. The second-order valence-corrected chi connectivity index (χ2v) is 10.4. The number of hydrogen-bond acceptors (Lipinski definition) is 3. The highest BCUT2D eigenvalue weighted by atomic mass is 32.2. The molecule has 0 aliphatic heterocycles. The Kier molecular flexibility index (Phi) is 10.6. The lowest BCUT2D eigenvalue weighted by Gasteiger charge is -2.32. The van der Waals surface area contributed by atoms with Gasteiger partial charge in [-0.05, 0) is 35.6 Å². The largest absolute Gasteiger partial charge is 0.354 e. The van der Waals surface area contributed by atoms with E-state index in [1.54, 1.807) is 23.1 Å². The maximum absolute atomic E-state index is 14.1. The van der Waals surface area contributed by atoms with E-state index < -0.39 is 6.04 Å². The first kappa shape index (κ1) is 27.5. The first-order valence-electron chi connectivity index (χ1n) is 12.3. The average Bonchev–Trinajstić information content (AvgIpc) is 2.86. The van der Waals surface area contributed by atoms with Gasteiger partial charge in [-0.25, -0.2) is 4.39 Å². The van der Waals surface area contributed by atoms with Gasteiger partial charge < -0.3 is 10.2 Å². The Bertz CT molecular complexity index is 1140. The predicted molar refractivity (Wildman–Crippen MR) is 146 cm³/mol. The molecule has 1 N–H and O–H groups in total. The van der Waals surface area contributed by atoms with Gasteiger partial charge >= 0.3 is 0 Å². The first-order chi connectivity index (χ1) is 17.3. The molecule has 0 unspecified atom stereocenters. The number of benzene rings is 3. The second kappa shape index (κ2) is 13.8. The Morgan fingerprint density at radius 1 is 0.944 bits per heavy atom. The van der Waals surface area contributed by atoms with Gasteiger partial charge in [-0.3, -0.25) is 9.59 Å². The van der Waals surface area contributed by atoms with Crippen LogP contribution in [0.15, 0.2) is 78.9 Å². The molecule has 3 rings (SSSR count). The quantitative estimate of drug-likeness (QED) is 0.339. The molecular weight excluding hydrogens is 471 g/mol. The fourth-order valence-electron chi connectivity index (χ4n) is 3.93. The minimum absolute atomic E-state index is 0.140. The molecule has 1 atom stereocenters. The van der Waals surface area contributed by atoms with E-state index in [0.717, 1.165) is 16.7 Å². The Hall–Kier alpha value is -3.12. The summed E-state index contributed by atoms with van der Waals surface area (Å²) >= 11 is 1.36. The summed E-state index contributed by atoms with van der Waals surface area (Å²) in [5.74, 6) is 0.265. The van der Waals surface area contributed by atoms with Crippen LogP contribution >= 0.6 is 11.8 Å². The lowest BCUT2D eigenvalue weighted by molar-refractivity contribution is -0.139. The molecule has 0 aliphatic rings. The van der Waals surface area contributed by atoms with Crippen molar-refractivity contribution in [1.29, 1.82) is 0 Å². The third kappa shape index (κ3) is 8.52. The van der Waals surface area contributed by atoms with Gasteiger partial charge in [0.05, 0.1) is 5.75 Å². The highest BCUT2D eigenvalue weighted by Crippen LogP contribution is 2.20. The van der Waals surface area contributed by atoms with E-state index in [-0.39, 0.29) is 23.4 Å². The molecular formula is C30H35FN2O2S. The van der Waals surface area contributed by atoms with Crippen LogP contribution in [0.25, 0.3) is 0 Å². The summed E-state index contributed by atoms with van der Waals surface area (Å²) in [6, 6.07) is 23.7. The molecule has 0 bridgehead atoms. The van der Waals surface area contributed by atoms with Crippen LogP contribution in [0, 0.1) is 18.7 Å². The fraction of sp³-hybridized carbons (Fsp3) is 0.333. The summed E-state index contributed by atoms with van der Waals surface area (Å²) in [6.07, 6.45) is 0.417. The van der Waals surface area contributed by atoms with Gasteiger partial charge in [0, 0.05) is 25.3 Å². The molecule has 36 heavy (non-hydrogen) atoms. The monoisotopic (exact) mass is 506 g/mol. The van der Waals surface area contributed by atoms with Crippen molar-refractivity contribution in [3.8, 4) is 0 Å². The molecule has 4 nitrogen and oxygen atoms in total. The zero-order valence-corrected chi connectivity index (χ0v) is 22.1. The number of amides is 2. The summed E-state index contributed by atoms with van der Waals surface area (Å²) in [4.78, 5) is 28.7. The third-order valence-corrected chi connectivity index (χ3v) is 6.80. The van der Waals surface area contributed by atoms with Crippen molar-refractivity contribution in [2.24, 2.45) is 5.92 Å². The van der Waals surface area contributed by atoms with Crippen LogP contribution in [0.3, 0.4) is 0 Å². The molecule has 6 heteroatoms. The fourth-order valence-corrected chi connectivity index (χ4v) is 4.83.